The third-order valence-corrected chi connectivity index (χ3v) is 4.80. The van der Waals surface area contributed by atoms with Crippen LogP contribution < -0.4 is 10.1 Å². The number of aromatic nitrogens is 1. The van der Waals surface area contributed by atoms with Crippen LogP contribution in [-0.4, -0.2) is 24.3 Å². The van der Waals surface area contributed by atoms with Gasteiger partial charge in [-0.2, -0.15) is 0 Å². The topological polar surface area (TPSA) is 60.5 Å². The average molecular weight is 443 g/mol. The maximum Gasteiger partial charge on any atom is 0.407 e. The SMILES string of the molecule is CCOC(=O)NCc1ccc(Cc2ccc(OCC)c(-c3cccc(Cl)c3)c2F)cn1. The Morgan fingerprint density at radius 3 is 2.65 bits per heavy atom. The molecule has 0 unspecified atom stereocenters. The van der Waals surface area contributed by atoms with E-state index in [1.54, 1.807) is 49.5 Å². The molecule has 3 aromatic rings. The Hall–Kier alpha value is -3.12. The molecule has 1 heterocycles. The normalized spacial score (nSPS) is 10.6. The molecule has 1 aromatic heterocycles. The molecule has 0 saturated heterocycles. The van der Waals surface area contributed by atoms with Gasteiger partial charge in [0.05, 0.1) is 31.0 Å². The molecular weight excluding hydrogens is 419 g/mol. The van der Waals surface area contributed by atoms with Crippen molar-refractivity contribution in [3.63, 3.8) is 0 Å². The number of nitrogens with zero attached hydrogens (tertiary/aromatic N) is 1. The summed E-state index contributed by atoms with van der Waals surface area (Å²) in [5.74, 6) is 0.130. The maximum absolute atomic E-state index is 15.5. The molecule has 0 saturated carbocycles. The molecule has 0 bridgehead atoms. The van der Waals surface area contributed by atoms with Crippen LogP contribution in [0.5, 0.6) is 5.75 Å². The molecule has 0 spiro atoms. The minimum absolute atomic E-state index is 0.259. The molecule has 162 valence electrons. The van der Waals surface area contributed by atoms with Crippen molar-refractivity contribution >= 4 is 17.7 Å². The molecule has 2 aromatic carbocycles. The molecular formula is C24H24ClFN2O3. The van der Waals surface area contributed by atoms with E-state index in [2.05, 4.69) is 10.3 Å². The standard InChI is InChI=1S/C24H24ClFN2O3/c1-3-30-21-11-9-18(23(26)22(21)17-6-5-7-19(25)13-17)12-16-8-10-20(27-14-16)15-28-24(29)31-4-2/h5-11,13-14H,3-4,12,15H2,1-2H3,(H,28,29). The number of carbonyl (C=O) groups excluding carboxylic acids is 1. The zero-order chi connectivity index (χ0) is 22.2. The third kappa shape index (κ3) is 5.95. The van der Waals surface area contributed by atoms with Crippen molar-refractivity contribution in [1.29, 1.82) is 0 Å². The Morgan fingerprint density at radius 2 is 1.97 bits per heavy atom. The predicted molar refractivity (Wildman–Crippen MR) is 119 cm³/mol. The smallest absolute Gasteiger partial charge is 0.407 e. The van der Waals surface area contributed by atoms with E-state index in [1.807, 2.05) is 19.1 Å². The Morgan fingerprint density at radius 1 is 1.13 bits per heavy atom. The number of rotatable bonds is 8. The number of amides is 1. The first-order valence-corrected chi connectivity index (χ1v) is 10.4. The molecule has 7 heteroatoms. The van der Waals surface area contributed by atoms with Crippen LogP contribution in [0.1, 0.15) is 30.7 Å². The van der Waals surface area contributed by atoms with Crippen molar-refractivity contribution in [1.82, 2.24) is 10.3 Å². The molecule has 0 fully saturated rings. The van der Waals surface area contributed by atoms with E-state index < -0.39 is 6.09 Å². The van der Waals surface area contributed by atoms with Gasteiger partial charge in [0.1, 0.15) is 11.6 Å². The minimum Gasteiger partial charge on any atom is -0.493 e. The lowest BCUT2D eigenvalue weighted by atomic mass is 9.97. The molecule has 31 heavy (non-hydrogen) atoms. The highest BCUT2D eigenvalue weighted by molar-refractivity contribution is 6.30. The molecule has 0 aliphatic heterocycles. The van der Waals surface area contributed by atoms with Crippen LogP contribution in [0.4, 0.5) is 9.18 Å². The van der Waals surface area contributed by atoms with Crippen LogP contribution in [0.3, 0.4) is 0 Å². The van der Waals surface area contributed by atoms with Gasteiger partial charge in [-0.1, -0.05) is 35.9 Å². The Balaban J connectivity index is 1.82. The van der Waals surface area contributed by atoms with E-state index in [4.69, 9.17) is 21.1 Å². The molecule has 0 aliphatic carbocycles. The summed E-state index contributed by atoms with van der Waals surface area (Å²) in [6, 6.07) is 14.2. The highest BCUT2D eigenvalue weighted by Crippen LogP contribution is 2.36. The van der Waals surface area contributed by atoms with Crippen molar-refractivity contribution < 1.29 is 18.7 Å². The lowest BCUT2D eigenvalue weighted by molar-refractivity contribution is 0.151. The zero-order valence-corrected chi connectivity index (χ0v) is 18.2. The second kappa shape index (κ2) is 10.8. The number of carbonyl (C=O) groups is 1. The second-order valence-corrected chi connectivity index (χ2v) is 7.20. The lowest BCUT2D eigenvalue weighted by Crippen LogP contribution is -2.24. The monoisotopic (exact) mass is 442 g/mol. The number of hydrogen-bond donors (Lipinski definition) is 1. The summed E-state index contributed by atoms with van der Waals surface area (Å²) >= 11 is 6.12. The van der Waals surface area contributed by atoms with Gasteiger partial charge in [-0.15, -0.1) is 0 Å². The van der Waals surface area contributed by atoms with Crippen molar-refractivity contribution in [2.24, 2.45) is 0 Å². The van der Waals surface area contributed by atoms with Crippen molar-refractivity contribution in [3.8, 4) is 16.9 Å². The molecule has 1 amide bonds. The number of halogens is 2. The van der Waals surface area contributed by atoms with Gasteiger partial charge in [0.25, 0.3) is 0 Å². The summed E-state index contributed by atoms with van der Waals surface area (Å²) in [7, 11) is 0. The van der Waals surface area contributed by atoms with E-state index in [0.29, 0.717) is 52.8 Å². The van der Waals surface area contributed by atoms with Crippen LogP contribution in [0.2, 0.25) is 5.02 Å². The Bertz CT molecular complexity index is 1040. The Labute approximate surface area is 186 Å². The zero-order valence-electron chi connectivity index (χ0n) is 17.5. The number of pyridine rings is 1. The number of benzene rings is 2. The van der Waals surface area contributed by atoms with Gasteiger partial charge in [0.15, 0.2) is 0 Å². The third-order valence-electron chi connectivity index (χ3n) is 4.57. The number of ether oxygens (including phenoxy) is 2. The van der Waals surface area contributed by atoms with Crippen molar-refractivity contribution in [2.75, 3.05) is 13.2 Å². The first kappa shape index (κ1) is 22.6. The van der Waals surface area contributed by atoms with E-state index >= 15 is 4.39 Å². The van der Waals surface area contributed by atoms with Crippen LogP contribution in [0.25, 0.3) is 11.1 Å². The Kier molecular flexibility index (Phi) is 7.84. The number of hydrogen-bond acceptors (Lipinski definition) is 4. The first-order valence-electron chi connectivity index (χ1n) is 10.1. The number of nitrogens with one attached hydrogen (secondary N) is 1. The van der Waals surface area contributed by atoms with Gasteiger partial charge in [-0.25, -0.2) is 9.18 Å². The maximum atomic E-state index is 15.5. The highest BCUT2D eigenvalue weighted by Gasteiger charge is 2.17. The van der Waals surface area contributed by atoms with Crippen molar-refractivity contribution in [3.05, 3.63) is 82.4 Å². The summed E-state index contributed by atoms with van der Waals surface area (Å²) in [6.07, 6.45) is 1.56. The fourth-order valence-corrected chi connectivity index (χ4v) is 3.35. The average Bonchev–Trinajstić information content (AvgIpc) is 2.76. The van der Waals surface area contributed by atoms with Crippen LogP contribution in [0, 0.1) is 5.82 Å². The van der Waals surface area contributed by atoms with E-state index in [-0.39, 0.29) is 12.4 Å². The fraction of sp³-hybridized carbons (Fsp3) is 0.250. The largest absolute Gasteiger partial charge is 0.493 e. The van der Waals surface area contributed by atoms with Gasteiger partial charge in [0, 0.05) is 17.6 Å². The van der Waals surface area contributed by atoms with Crippen LogP contribution >= 0.6 is 11.6 Å². The minimum atomic E-state index is -0.488. The molecule has 1 N–H and O–H groups in total. The highest BCUT2D eigenvalue weighted by atomic mass is 35.5. The first-order chi connectivity index (χ1) is 15.0. The predicted octanol–water partition coefficient (Wildman–Crippen LogP) is 5.78. The number of alkyl carbamates (subject to hydrolysis) is 1. The molecule has 3 rings (SSSR count). The fourth-order valence-electron chi connectivity index (χ4n) is 3.16. The summed E-state index contributed by atoms with van der Waals surface area (Å²) < 4.78 is 26.0. The van der Waals surface area contributed by atoms with E-state index in [1.165, 1.54) is 0 Å². The van der Waals surface area contributed by atoms with Gasteiger partial charge in [0.2, 0.25) is 0 Å². The van der Waals surface area contributed by atoms with Gasteiger partial charge in [-0.3, -0.25) is 4.98 Å². The molecule has 5 nitrogen and oxygen atoms in total. The summed E-state index contributed by atoms with van der Waals surface area (Å²) in [4.78, 5) is 15.7. The molecule has 0 aliphatic rings. The van der Waals surface area contributed by atoms with Crippen LogP contribution in [0.15, 0.2) is 54.7 Å². The van der Waals surface area contributed by atoms with Crippen molar-refractivity contribution in [2.45, 2.75) is 26.8 Å². The molecule has 0 atom stereocenters. The summed E-state index contributed by atoms with van der Waals surface area (Å²) in [5.41, 5.74) is 3.11. The van der Waals surface area contributed by atoms with Crippen LogP contribution in [-0.2, 0) is 17.7 Å². The quantitative estimate of drug-likeness (QED) is 0.480. The lowest BCUT2D eigenvalue weighted by Gasteiger charge is -2.15. The summed E-state index contributed by atoms with van der Waals surface area (Å²) in [5, 5.41) is 3.15. The second-order valence-electron chi connectivity index (χ2n) is 6.76. The summed E-state index contributed by atoms with van der Waals surface area (Å²) in [6.45, 7) is 4.60. The van der Waals surface area contributed by atoms with Gasteiger partial charge < -0.3 is 14.8 Å². The van der Waals surface area contributed by atoms with Gasteiger partial charge in [-0.05, 0) is 54.8 Å². The molecule has 0 radical (unpaired) electrons. The van der Waals surface area contributed by atoms with E-state index in [0.717, 1.165) is 5.56 Å². The van der Waals surface area contributed by atoms with Gasteiger partial charge >= 0.3 is 6.09 Å². The van der Waals surface area contributed by atoms with E-state index in [9.17, 15) is 4.79 Å².